The number of ketones is 1. The van der Waals surface area contributed by atoms with Gasteiger partial charge in [0, 0.05) is 16.5 Å². The van der Waals surface area contributed by atoms with E-state index in [0.29, 0.717) is 33.3 Å². The molecule has 0 spiro atoms. The Morgan fingerprint density at radius 3 is 2.59 bits per heavy atom. The molecular weight excluding hydrogens is 468 g/mol. The standard InChI is InChI=1S/C26H24N2O4S2/c1-31-20-13-12-17(14-21(20)32-2)28-25(30)23-18-10-6-7-11-22(18)34-24(23)27-26(28)33-15-19(29)16-8-4-3-5-9-16/h3-5,8-9,12-14H,6-7,10-11,15H2,1-2H3. The minimum Gasteiger partial charge on any atom is -0.493 e. The van der Waals surface area contributed by atoms with E-state index in [1.807, 2.05) is 24.3 Å². The third kappa shape index (κ3) is 4.12. The van der Waals surface area contributed by atoms with Crippen LogP contribution in [-0.2, 0) is 12.8 Å². The van der Waals surface area contributed by atoms with E-state index < -0.39 is 0 Å². The molecule has 0 unspecified atom stereocenters. The number of fused-ring (bicyclic) bond motifs is 3. The van der Waals surface area contributed by atoms with Crippen molar-refractivity contribution in [1.82, 2.24) is 9.55 Å². The highest BCUT2D eigenvalue weighted by atomic mass is 32.2. The van der Waals surface area contributed by atoms with Crippen LogP contribution in [-0.4, -0.2) is 35.3 Å². The minimum atomic E-state index is -0.105. The third-order valence-electron chi connectivity index (χ3n) is 6.01. The van der Waals surface area contributed by atoms with Gasteiger partial charge in [-0.3, -0.25) is 14.2 Å². The molecule has 0 atom stereocenters. The number of thiophene rings is 1. The summed E-state index contributed by atoms with van der Waals surface area (Å²) in [4.78, 5) is 33.6. The molecule has 0 bridgehead atoms. The smallest absolute Gasteiger partial charge is 0.267 e. The number of thioether (sulfide) groups is 1. The molecule has 0 aliphatic heterocycles. The predicted octanol–water partition coefficient (Wildman–Crippen LogP) is 5.32. The largest absolute Gasteiger partial charge is 0.493 e. The van der Waals surface area contributed by atoms with E-state index in [4.69, 9.17) is 14.5 Å². The summed E-state index contributed by atoms with van der Waals surface area (Å²) in [6, 6.07) is 14.5. The highest BCUT2D eigenvalue weighted by molar-refractivity contribution is 7.99. The molecule has 34 heavy (non-hydrogen) atoms. The van der Waals surface area contributed by atoms with Crippen LogP contribution >= 0.6 is 23.1 Å². The van der Waals surface area contributed by atoms with Gasteiger partial charge in [0.15, 0.2) is 22.4 Å². The molecule has 2 aromatic heterocycles. The van der Waals surface area contributed by atoms with Gasteiger partial charge in [0.1, 0.15) is 4.83 Å². The summed E-state index contributed by atoms with van der Waals surface area (Å²) in [7, 11) is 3.14. The number of aromatic nitrogens is 2. The first-order valence-electron chi connectivity index (χ1n) is 11.1. The van der Waals surface area contributed by atoms with Gasteiger partial charge in [0.25, 0.3) is 5.56 Å². The number of ether oxygens (including phenoxy) is 2. The molecule has 6 nitrogen and oxygen atoms in total. The summed E-state index contributed by atoms with van der Waals surface area (Å²) in [5, 5.41) is 1.20. The number of rotatable bonds is 7. The summed E-state index contributed by atoms with van der Waals surface area (Å²) >= 11 is 2.89. The summed E-state index contributed by atoms with van der Waals surface area (Å²) in [5.41, 5.74) is 2.30. The molecule has 4 aromatic rings. The van der Waals surface area contributed by atoms with Gasteiger partial charge < -0.3 is 9.47 Å². The minimum absolute atomic E-state index is 0.00992. The number of hydrogen-bond donors (Lipinski definition) is 0. The Bertz CT molecular complexity index is 1430. The van der Waals surface area contributed by atoms with E-state index in [1.54, 1.807) is 54.4 Å². The lowest BCUT2D eigenvalue weighted by molar-refractivity contribution is 0.102. The number of Topliss-reactive ketones (excluding diaryl/α,β-unsaturated/α-hetero) is 1. The Labute approximate surface area is 205 Å². The van der Waals surface area contributed by atoms with E-state index in [-0.39, 0.29) is 17.1 Å². The second-order valence-electron chi connectivity index (χ2n) is 8.04. The first-order chi connectivity index (χ1) is 16.6. The van der Waals surface area contributed by atoms with Crippen LogP contribution < -0.4 is 15.0 Å². The fraction of sp³-hybridized carbons (Fsp3) is 0.269. The van der Waals surface area contributed by atoms with E-state index in [0.717, 1.165) is 36.1 Å². The highest BCUT2D eigenvalue weighted by Crippen LogP contribution is 2.36. The molecule has 0 fully saturated rings. The first-order valence-corrected chi connectivity index (χ1v) is 12.9. The van der Waals surface area contributed by atoms with Crippen LogP contribution in [0.3, 0.4) is 0 Å². The quantitative estimate of drug-likeness (QED) is 0.198. The summed E-state index contributed by atoms with van der Waals surface area (Å²) in [5.74, 6) is 1.27. The topological polar surface area (TPSA) is 70.4 Å². The van der Waals surface area contributed by atoms with E-state index >= 15 is 0 Å². The van der Waals surface area contributed by atoms with Gasteiger partial charge in [0.2, 0.25) is 0 Å². The van der Waals surface area contributed by atoms with Crippen molar-refractivity contribution in [3.05, 3.63) is 74.9 Å². The van der Waals surface area contributed by atoms with Crippen LogP contribution in [0.4, 0.5) is 0 Å². The first kappa shape index (κ1) is 22.7. The Hall–Kier alpha value is -3.10. The summed E-state index contributed by atoms with van der Waals surface area (Å²) < 4.78 is 12.5. The molecule has 0 saturated heterocycles. The molecule has 0 saturated carbocycles. The van der Waals surface area contributed by atoms with Crippen LogP contribution in [0.15, 0.2) is 58.5 Å². The van der Waals surface area contributed by atoms with Crippen molar-refractivity contribution in [2.24, 2.45) is 0 Å². The zero-order chi connectivity index (χ0) is 23.7. The third-order valence-corrected chi connectivity index (χ3v) is 8.14. The van der Waals surface area contributed by atoms with Crippen LogP contribution in [0.1, 0.15) is 33.6 Å². The van der Waals surface area contributed by atoms with Gasteiger partial charge in [-0.05, 0) is 43.4 Å². The average Bonchev–Trinajstić information content (AvgIpc) is 3.26. The maximum Gasteiger partial charge on any atom is 0.267 e. The monoisotopic (exact) mass is 492 g/mol. The average molecular weight is 493 g/mol. The lowest BCUT2D eigenvalue weighted by Crippen LogP contribution is -2.22. The second-order valence-corrected chi connectivity index (χ2v) is 10.1. The van der Waals surface area contributed by atoms with Crippen molar-refractivity contribution in [1.29, 1.82) is 0 Å². The Morgan fingerprint density at radius 1 is 1.06 bits per heavy atom. The summed E-state index contributed by atoms with van der Waals surface area (Å²) in [6.07, 6.45) is 4.10. The van der Waals surface area contributed by atoms with E-state index in [9.17, 15) is 9.59 Å². The number of hydrogen-bond acceptors (Lipinski definition) is 7. The summed E-state index contributed by atoms with van der Waals surface area (Å²) in [6.45, 7) is 0. The Balaban J connectivity index is 1.64. The van der Waals surface area contributed by atoms with Crippen LogP contribution in [0, 0.1) is 0 Å². The van der Waals surface area contributed by atoms with Crippen molar-refractivity contribution in [3.8, 4) is 17.2 Å². The van der Waals surface area contributed by atoms with Crippen molar-refractivity contribution in [2.45, 2.75) is 30.8 Å². The van der Waals surface area contributed by atoms with Crippen molar-refractivity contribution < 1.29 is 14.3 Å². The second kappa shape index (κ2) is 9.64. The normalized spacial score (nSPS) is 13.0. The van der Waals surface area contributed by atoms with E-state index in [2.05, 4.69) is 0 Å². The van der Waals surface area contributed by atoms with Gasteiger partial charge in [-0.15, -0.1) is 11.3 Å². The number of aryl methyl sites for hydroxylation is 2. The zero-order valence-corrected chi connectivity index (χ0v) is 20.6. The lowest BCUT2D eigenvalue weighted by Gasteiger charge is -2.15. The number of methoxy groups -OCH3 is 2. The van der Waals surface area contributed by atoms with Crippen LogP contribution in [0.2, 0.25) is 0 Å². The highest BCUT2D eigenvalue weighted by Gasteiger charge is 2.24. The molecule has 0 amide bonds. The van der Waals surface area contributed by atoms with E-state index in [1.165, 1.54) is 16.6 Å². The zero-order valence-electron chi connectivity index (χ0n) is 19.0. The Morgan fingerprint density at radius 2 is 1.82 bits per heavy atom. The maximum atomic E-state index is 13.9. The number of carbonyl (C=O) groups is 1. The SMILES string of the molecule is COc1ccc(-n2c(SCC(=O)c3ccccc3)nc3sc4c(c3c2=O)CCCC4)cc1OC. The lowest BCUT2D eigenvalue weighted by atomic mass is 9.97. The van der Waals surface area contributed by atoms with Crippen molar-refractivity contribution >= 4 is 39.1 Å². The number of carbonyl (C=O) groups excluding carboxylic acids is 1. The predicted molar refractivity (Wildman–Crippen MR) is 136 cm³/mol. The molecule has 2 aromatic carbocycles. The fourth-order valence-electron chi connectivity index (χ4n) is 4.31. The Kier molecular flexibility index (Phi) is 6.43. The fourth-order valence-corrected chi connectivity index (χ4v) is 6.52. The van der Waals surface area contributed by atoms with Gasteiger partial charge in [-0.1, -0.05) is 42.1 Å². The number of nitrogens with zero attached hydrogens (tertiary/aromatic N) is 2. The molecular formula is C26H24N2O4S2. The maximum absolute atomic E-state index is 13.9. The molecule has 1 aliphatic rings. The molecule has 0 radical (unpaired) electrons. The van der Waals surface area contributed by atoms with Gasteiger partial charge >= 0.3 is 0 Å². The molecule has 1 aliphatic carbocycles. The van der Waals surface area contributed by atoms with Crippen LogP contribution in [0.25, 0.3) is 15.9 Å². The molecule has 8 heteroatoms. The number of benzene rings is 2. The molecule has 2 heterocycles. The van der Waals surface area contributed by atoms with Gasteiger partial charge in [0.05, 0.1) is 31.0 Å². The molecule has 5 rings (SSSR count). The van der Waals surface area contributed by atoms with Crippen molar-refractivity contribution in [2.75, 3.05) is 20.0 Å². The van der Waals surface area contributed by atoms with Crippen LogP contribution in [0.5, 0.6) is 11.5 Å². The van der Waals surface area contributed by atoms with Gasteiger partial charge in [-0.2, -0.15) is 0 Å². The molecule has 174 valence electrons. The van der Waals surface area contributed by atoms with Gasteiger partial charge in [-0.25, -0.2) is 4.98 Å². The molecule has 0 N–H and O–H groups in total. The van der Waals surface area contributed by atoms with Crippen molar-refractivity contribution in [3.63, 3.8) is 0 Å².